The lowest BCUT2D eigenvalue weighted by Crippen LogP contribution is -2.51. The Hall–Kier alpha value is -2.08. The third-order valence-corrected chi connectivity index (χ3v) is 4.14. The molecule has 1 fully saturated rings. The van der Waals surface area contributed by atoms with Gasteiger partial charge in [0.2, 0.25) is 5.91 Å². The minimum atomic E-state index is -0.487. The Labute approximate surface area is 150 Å². The van der Waals surface area contributed by atoms with Crippen LogP contribution < -0.4 is 5.32 Å². The Bertz CT molecular complexity index is 609. The van der Waals surface area contributed by atoms with Crippen molar-refractivity contribution in [2.24, 2.45) is 0 Å². The topological polar surface area (TPSA) is 61.9 Å². The number of para-hydroxylation sites is 1. The molecule has 2 amide bonds. The minimum Gasteiger partial charge on any atom is -0.444 e. The molecule has 1 heterocycles. The fourth-order valence-corrected chi connectivity index (χ4v) is 2.81. The SMILES string of the molecule is Cc1cccc(C)c1NC(=O)CN1CCN(C(=O)OC(C)(C)C)CC1. The van der Waals surface area contributed by atoms with Gasteiger partial charge in [0, 0.05) is 31.9 Å². The average Bonchev–Trinajstić information content (AvgIpc) is 2.50. The lowest BCUT2D eigenvalue weighted by atomic mass is 10.1. The van der Waals surface area contributed by atoms with Crippen LogP contribution in [-0.2, 0) is 9.53 Å². The number of carbonyl (C=O) groups is 2. The number of nitrogens with one attached hydrogen (secondary N) is 1. The van der Waals surface area contributed by atoms with E-state index < -0.39 is 5.60 Å². The second-order valence-electron chi connectivity index (χ2n) is 7.56. The molecule has 0 bridgehead atoms. The quantitative estimate of drug-likeness (QED) is 0.913. The molecular weight excluding hydrogens is 318 g/mol. The highest BCUT2D eigenvalue weighted by molar-refractivity contribution is 5.93. The van der Waals surface area contributed by atoms with Crippen LogP contribution in [0.4, 0.5) is 10.5 Å². The number of hydrogen-bond donors (Lipinski definition) is 1. The Kier molecular flexibility index (Phi) is 6.06. The number of piperazine rings is 1. The van der Waals surface area contributed by atoms with E-state index in [1.807, 2.05) is 52.8 Å². The summed E-state index contributed by atoms with van der Waals surface area (Å²) in [4.78, 5) is 28.2. The van der Waals surface area contributed by atoms with Gasteiger partial charge in [-0.3, -0.25) is 9.69 Å². The van der Waals surface area contributed by atoms with Crippen LogP contribution in [0, 0.1) is 13.8 Å². The van der Waals surface area contributed by atoms with Crippen LogP contribution in [-0.4, -0.2) is 60.1 Å². The highest BCUT2D eigenvalue weighted by Crippen LogP contribution is 2.19. The van der Waals surface area contributed by atoms with Crippen LogP contribution in [0.5, 0.6) is 0 Å². The van der Waals surface area contributed by atoms with E-state index in [-0.39, 0.29) is 12.0 Å². The molecular formula is C19H29N3O3. The van der Waals surface area contributed by atoms with Gasteiger partial charge < -0.3 is 15.0 Å². The maximum atomic E-state index is 12.3. The van der Waals surface area contributed by atoms with Gasteiger partial charge in [-0.05, 0) is 45.7 Å². The molecule has 1 aromatic rings. The van der Waals surface area contributed by atoms with E-state index in [0.717, 1.165) is 16.8 Å². The summed E-state index contributed by atoms with van der Waals surface area (Å²) in [7, 11) is 0. The van der Waals surface area contributed by atoms with E-state index in [4.69, 9.17) is 4.74 Å². The first-order valence-corrected chi connectivity index (χ1v) is 8.72. The predicted molar refractivity (Wildman–Crippen MR) is 98.8 cm³/mol. The number of ether oxygens (including phenoxy) is 1. The number of amides is 2. The van der Waals surface area contributed by atoms with Gasteiger partial charge in [-0.15, -0.1) is 0 Å². The first kappa shape index (κ1) is 19.2. The van der Waals surface area contributed by atoms with Crippen LogP contribution >= 0.6 is 0 Å². The maximum Gasteiger partial charge on any atom is 0.410 e. The standard InChI is InChI=1S/C19H29N3O3/c1-14-7-6-8-15(2)17(14)20-16(23)13-21-9-11-22(12-10-21)18(24)25-19(3,4)5/h6-8H,9-13H2,1-5H3,(H,20,23). The second kappa shape index (κ2) is 7.87. The molecule has 0 spiro atoms. The molecule has 0 unspecified atom stereocenters. The summed E-state index contributed by atoms with van der Waals surface area (Å²) in [5, 5.41) is 3.00. The number of carbonyl (C=O) groups excluding carboxylic acids is 2. The van der Waals surface area contributed by atoms with Gasteiger partial charge in [0.05, 0.1) is 6.54 Å². The Morgan fingerprint density at radius 2 is 1.64 bits per heavy atom. The highest BCUT2D eigenvalue weighted by atomic mass is 16.6. The maximum absolute atomic E-state index is 12.3. The van der Waals surface area contributed by atoms with Crippen LogP contribution in [0.15, 0.2) is 18.2 Å². The number of rotatable bonds is 3. The van der Waals surface area contributed by atoms with Crippen LogP contribution in [0.1, 0.15) is 31.9 Å². The van der Waals surface area contributed by atoms with Crippen molar-refractivity contribution in [3.05, 3.63) is 29.3 Å². The van der Waals surface area contributed by atoms with Crippen molar-refractivity contribution in [2.45, 2.75) is 40.2 Å². The molecule has 6 nitrogen and oxygen atoms in total. The van der Waals surface area contributed by atoms with Crippen molar-refractivity contribution in [3.63, 3.8) is 0 Å². The molecule has 0 aromatic heterocycles. The number of nitrogens with zero attached hydrogens (tertiary/aromatic N) is 2. The van der Waals surface area contributed by atoms with Crippen LogP contribution in [0.25, 0.3) is 0 Å². The van der Waals surface area contributed by atoms with Crippen molar-refractivity contribution in [2.75, 3.05) is 38.0 Å². The number of hydrogen-bond acceptors (Lipinski definition) is 4. The Morgan fingerprint density at radius 1 is 1.08 bits per heavy atom. The van der Waals surface area contributed by atoms with Gasteiger partial charge >= 0.3 is 6.09 Å². The molecule has 1 N–H and O–H groups in total. The minimum absolute atomic E-state index is 0.0249. The second-order valence-corrected chi connectivity index (χ2v) is 7.56. The normalized spacial score (nSPS) is 15.8. The summed E-state index contributed by atoms with van der Waals surface area (Å²) in [6, 6.07) is 5.96. The highest BCUT2D eigenvalue weighted by Gasteiger charge is 2.26. The summed E-state index contributed by atoms with van der Waals surface area (Å²) >= 11 is 0. The van der Waals surface area contributed by atoms with E-state index in [1.165, 1.54) is 0 Å². The van der Waals surface area contributed by atoms with E-state index >= 15 is 0 Å². The lowest BCUT2D eigenvalue weighted by Gasteiger charge is -2.35. The number of anilines is 1. The third kappa shape index (κ3) is 5.74. The average molecular weight is 347 g/mol. The zero-order valence-electron chi connectivity index (χ0n) is 15.9. The number of aryl methyl sites for hydroxylation is 2. The van der Waals surface area contributed by atoms with Crippen molar-refractivity contribution in [1.29, 1.82) is 0 Å². The van der Waals surface area contributed by atoms with Crippen LogP contribution in [0.3, 0.4) is 0 Å². The summed E-state index contributed by atoms with van der Waals surface area (Å²) in [6.07, 6.45) is -0.285. The smallest absolute Gasteiger partial charge is 0.410 e. The molecule has 1 aliphatic heterocycles. The van der Waals surface area contributed by atoms with Crippen LogP contribution in [0.2, 0.25) is 0 Å². The van der Waals surface area contributed by atoms with Crippen molar-refractivity contribution in [1.82, 2.24) is 9.80 Å². The Morgan fingerprint density at radius 3 is 2.16 bits per heavy atom. The van der Waals surface area contributed by atoms with Crippen molar-refractivity contribution in [3.8, 4) is 0 Å². The van der Waals surface area contributed by atoms with Gasteiger partial charge in [-0.25, -0.2) is 4.79 Å². The molecule has 1 saturated heterocycles. The zero-order chi connectivity index (χ0) is 18.6. The first-order valence-electron chi connectivity index (χ1n) is 8.72. The summed E-state index contributed by atoms with van der Waals surface area (Å²) in [6.45, 7) is 12.4. The molecule has 6 heteroatoms. The van der Waals surface area contributed by atoms with Crippen molar-refractivity contribution < 1.29 is 14.3 Å². The fraction of sp³-hybridized carbons (Fsp3) is 0.579. The monoisotopic (exact) mass is 347 g/mol. The van der Waals surface area contributed by atoms with Gasteiger partial charge in [-0.1, -0.05) is 18.2 Å². The molecule has 0 radical (unpaired) electrons. The fourth-order valence-electron chi connectivity index (χ4n) is 2.81. The largest absolute Gasteiger partial charge is 0.444 e. The third-order valence-electron chi connectivity index (χ3n) is 4.14. The first-order chi connectivity index (χ1) is 11.7. The molecule has 138 valence electrons. The van der Waals surface area contributed by atoms with Gasteiger partial charge in [0.15, 0.2) is 0 Å². The molecule has 0 saturated carbocycles. The van der Waals surface area contributed by atoms with Gasteiger partial charge in [0.1, 0.15) is 5.60 Å². The molecule has 0 aliphatic carbocycles. The van der Waals surface area contributed by atoms with Gasteiger partial charge in [0.25, 0.3) is 0 Å². The predicted octanol–water partition coefficient (Wildman–Crippen LogP) is 2.79. The lowest BCUT2D eigenvalue weighted by molar-refractivity contribution is -0.117. The van der Waals surface area contributed by atoms with Gasteiger partial charge in [-0.2, -0.15) is 0 Å². The molecule has 1 aromatic carbocycles. The summed E-state index contributed by atoms with van der Waals surface area (Å²) in [5.74, 6) is -0.0249. The van der Waals surface area contributed by atoms with Crippen molar-refractivity contribution >= 4 is 17.7 Å². The zero-order valence-corrected chi connectivity index (χ0v) is 15.9. The summed E-state index contributed by atoms with van der Waals surface area (Å²) < 4.78 is 5.39. The Balaban J connectivity index is 1.82. The molecule has 2 rings (SSSR count). The molecule has 25 heavy (non-hydrogen) atoms. The van der Waals surface area contributed by atoms with E-state index in [2.05, 4.69) is 10.2 Å². The number of benzene rings is 1. The van der Waals surface area contributed by atoms with E-state index in [1.54, 1.807) is 4.90 Å². The molecule has 0 atom stereocenters. The van der Waals surface area contributed by atoms with E-state index in [9.17, 15) is 9.59 Å². The van der Waals surface area contributed by atoms with E-state index in [0.29, 0.717) is 32.7 Å². The molecule has 1 aliphatic rings. The summed E-state index contributed by atoms with van der Waals surface area (Å²) in [5.41, 5.74) is 2.52.